The van der Waals surface area contributed by atoms with Gasteiger partial charge < -0.3 is 0 Å². The van der Waals surface area contributed by atoms with Crippen LogP contribution in [0.3, 0.4) is 0 Å². The molecule has 2 amide bonds. The summed E-state index contributed by atoms with van der Waals surface area (Å²) < 4.78 is 1.96. The number of hydrazine groups is 1. The van der Waals surface area contributed by atoms with Crippen molar-refractivity contribution in [2.45, 2.75) is 66.8 Å². The van der Waals surface area contributed by atoms with E-state index in [4.69, 9.17) is 0 Å². The zero-order valence-corrected chi connectivity index (χ0v) is 18.2. The van der Waals surface area contributed by atoms with Crippen molar-refractivity contribution in [3.8, 4) is 0 Å². The molecule has 2 aromatic heterocycles. The summed E-state index contributed by atoms with van der Waals surface area (Å²) in [6.07, 6.45) is 3.45. The molecule has 3 rings (SSSR count). The number of nitrogens with zero attached hydrogens (tertiary/aromatic N) is 2. The Labute approximate surface area is 170 Å². The maximum Gasteiger partial charge on any atom is 0.279 e. The average Bonchev–Trinajstić information content (AvgIpc) is 3.15. The van der Waals surface area contributed by atoms with Gasteiger partial charge in [-0.05, 0) is 56.6 Å². The molecule has 0 aromatic carbocycles. The third-order valence-corrected chi connectivity index (χ3v) is 6.51. The van der Waals surface area contributed by atoms with Crippen LogP contribution in [0, 0.1) is 25.7 Å². The standard InChI is InChI=1S/C21H30N4O2S/c1-12(2)11-25-15(5)17(14(4)24-25)10-20(26)22-23-21(27)19-9-16-8-13(3)6-7-18(16)28-19/h9,12-13H,6-8,10-11H2,1-5H3,(H,22,26)(H,23,27). The molecule has 2 heterocycles. The highest BCUT2D eigenvalue weighted by molar-refractivity contribution is 7.14. The van der Waals surface area contributed by atoms with Crippen molar-refractivity contribution in [2.75, 3.05) is 0 Å². The van der Waals surface area contributed by atoms with E-state index >= 15 is 0 Å². The summed E-state index contributed by atoms with van der Waals surface area (Å²) in [7, 11) is 0. The van der Waals surface area contributed by atoms with Crippen molar-refractivity contribution in [1.82, 2.24) is 20.6 Å². The maximum absolute atomic E-state index is 12.4. The van der Waals surface area contributed by atoms with Gasteiger partial charge in [-0.2, -0.15) is 5.10 Å². The SMILES string of the molecule is Cc1nn(CC(C)C)c(C)c1CC(=O)NNC(=O)c1cc2c(s1)CCC(C)C2. The lowest BCUT2D eigenvalue weighted by Crippen LogP contribution is -2.42. The van der Waals surface area contributed by atoms with Gasteiger partial charge in [-0.3, -0.25) is 25.1 Å². The number of nitrogens with one attached hydrogen (secondary N) is 2. The lowest BCUT2D eigenvalue weighted by Gasteiger charge is -2.16. The second-order valence-electron chi connectivity index (χ2n) is 8.31. The fourth-order valence-electron chi connectivity index (χ4n) is 3.72. The minimum absolute atomic E-state index is 0.203. The quantitative estimate of drug-likeness (QED) is 0.753. The van der Waals surface area contributed by atoms with E-state index in [9.17, 15) is 9.59 Å². The Kier molecular flexibility index (Phi) is 6.23. The van der Waals surface area contributed by atoms with Crippen LogP contribution in [0.4, 0.5) is 0 Å². The van der Waals surface area contributed by atoms with Crippen LogP contribution >= 0.6 is 11.3 Å². The molecule has 0 saturated carbocycles. The molecule has 1 aliphatic rings. The number of fused-ring (bicyclic) bond motifs is 1. The number of amides is 2. The van der Waals surface area contributed by atoms with E-state index in [0.29, 0.717) is 16.7 Å². The predicted octanol–water partition coefficient (Wildman–Crippen LogP) is 3.35. The van der Waals surface area contributed by atoms with Crippen molar-refractivity contribution >= 4 is 23.2 Å². The Morgan fingerprint density at radius 2 is 2.07 bits per heavy atom. The first kappa shape index (κ1) is 20.6. The van der Waals surface area contributed by atoms with Crippen molar-refractivity contribution in [3.63, 3.8) is 0 Å². The summed E-state index contributed by atoms with van der Waals surface area (Å²) in [5, 5.41) is 4.54. The molecule has 0 aliphatic heterocycles. The highest BCUT2D eigenvalue weighted by Gasteiger charge is 2.21. The van der Waals surface area contributed by atoms with Gasteiger partial charge in [0.05, 0.1) is 17.0 Å². The van der Waals surface area contributed by atoms with Crippen LogP contribution in [0.1, 0.15) is 64.3 Å². The van der Waals surface area contributed by atoms with Gasteiger partial charge in [0, 0.05) is 22.7 Å². The van der Waals surface area contributed by atoms with E-state index in [2.05, 4.69) is 36.7 Å². The van der Waals surface area contributed by atoms with E-state index in [0.717, 1.165) is 36.3 Å². The Balaban J connectivity index is 1.57. The third-order valence-electron chi connectivity index (χ3n) is 5.28. The Hall–Kier alpha value is -2.15. The number of carbonyl (C=O) groups excluding carboxylic acids is 2. The zero-order chi connectivity index (χ0) is 20.4. The van der Waals surface area contributed by atoms with Gasteiger partial charge >= 0.3 is 0 Å². The molecular weight excluding hydrogens is 372 g/mol. The molecule has 7 heteroatoms. The first-order chi connectivity index (χ1) is 13.2. The van der Waals surface area contributed by atoms with Crippen LogP contribution in [0.2, 0.25) is 0 Å². The van der Waals surface area contributed by atoms with Gasteiger partial charge in [0.25, 0.3) is 5.91 Å². The largest absolute Gasteiger partial charge is 0.279 e. The lowest BCUT2D eigenvalue weighted by atomic mass is 9.90. The average molecular weight is 403 g/mol. The smallest absolute Gasteiger partial charge is 0.273 e. The highest BCUT2D eigenvalue weighted by atomic mass is 32.1. The molecule has 0 fully saturated rings. The van der Waals surface area contributed by atoms with Crippen molar-refractivity contribution in [1.29, 1.82) is 0 Å². The van der Waals surface area contributed by atoms with Crippen LogP contribution in [-0.4, -0.2) is 21.6 Å². The van der Waals surface area contributed by atoms with Gasteiger partial charge in [0.2, 0.25) is 5.91 Å². The summed E-state index contributed by atoms with van der Waals surface area (Å²) in [6, 6.07) is 1.97. The molecule has 0 saturated heterocycles. The normalized spacial score (nSPS) is 16.1. The van der Waals surface area contributed by atoms with E-state index in [-0.39, 0.29) is 18.2 Å². The molecule has 0 spiro atoms. The lowest BCUT2D eigenvalue weighted by molar-refractivity contribution is -0.121. The minimum Gasteiger partial charge on any atom is -0.273 e. The second kappa shape index (κ2) is 8.47. The predicted molar refractivity (Wildman–Crippen MR) is 111 cm³/mol. The van der Waals surface area contributed by atoms with Crippen LogP contribution < -0.4 is 10.9 Å². The summed E-state index contributed by atoms with van der Waals surface area (Å²) in [5.41, 5.74) is 9.19. The van der Waals surface area contributed by atoms with Gasteiger partial charge in [-0.15, -0.1) is 11.3 Å². The molecule has 28 heavy (non-hydrogen) atoms. The fourth-order valence-corrected chi connectivity index (χ4v) is 4.83. The van der Waals surface area contributed by atoms with Crippen LogP contribution in [0.5, 0.6) is 0 Å². The van der Waals surface area contributed by atoms with Crippen LogP contribution in [0.15, 0.2) is 6.07 Å². The number of hydrogen-bond acceptors (Lipinski definition) is 4. The summed E-state index contributed by atoms with van der Waals surface area (Å²) in [4.78, 5) is 26.8. The Bertz CT molecular complexity index is 881. The second-order valence-corrected chi connectivity index (χ2v) is 9.45. The number of carbonyl (C=O) groups is 2. The Morgan fingerprint density at radius 3 is 2.79 bits per heavy atom. The number of hydrogen-bond donors (Lipinski definition) is 2. The highest BCUT2D eigenvalue weighted by Crippen LogP contribution is 2.32. The zero-order valence-electron chi connectivity index (χ0n) is 17.4. The monoisotopic (exact) mass is 402 g/mol. The molecule has 6 nitrogen and oxygen atoms in total. The Morgan fingerprint density at radius 1 is 1.32 bits per heavy atom. The summed E-state index contributed by atoms with van der Waals surface area (Å²) in [6.45, 7) is 11.3. The van der Waals surface area contributed by atoms with E-state index < -0.39 is 0 Å². The molecule has 0 bridgehead atoms. The molecule has 1 unspecified atom stereocenters. The first-order valence-corrected chi connectivity index (χ1v) is 10.8. The van der Waals surface area contributed by atoms with E-state index in [1.165, 1.54) is 28.2 Å². The first-order valence-electron chi connectivity index (χ1n) is 9.98. The third kappa shape index (κ3) is 4.63. The maximum atomic E-state index is 12.4. The van der Waals surface area contributed by atoms with Crippen LogP contribution in [0.25, 0.3) is 0 Å². The van der Waals surface area contributed by atoms with Gasteiger partial charge in [0.15, 0.2) is 0 Å². The fraction of sp³-hybridized carbons (Fsp3) is 0.571. The number of aryl methyl sites for hydroxylation is 2. The number of thiophene rings is 1. The molecular formula is C21H30N4O2S. The number of aromatic nitrogens is 2. The molecule has 0 radical (unpaired) electrons. The van der Waals surface area contributed by atoms with Gasteiger partial charge in [0.1, 0.15) is 0 Å². The van der Waals surface area contributed by atoms with Crippen molar-refractivity contribution < 1.29 is 9.59 Å². The van der Waals surface area contributed by atoms with Gasteiger partial charge in [-0.1, -0.05) is 20.8 Å². The van der Waals surface area contributed by atoms with E-state index in [1.807, 2.05) is 24.6 Å². The topological polar surface area (TPSA) is 76.0 Å². The van der Waals surface area contributed by atoms with E-state index in [1.54, 1.807) is 0 Å². The molecule has 2 aromatic rings. The minimum atomic E-state index is -0.246. The van der Waals surface area contributed by atoms with Gasteiger partial charge in [-0.25, -0.2) is 0 Å². The van der Waals surface area contributed by atoms with Crippen LogP contribution in [-0.2, 0) is 30.6 Å². The van der Waals surface area contributed by atoms with Crippen molar-refractivity contribution in [3.05, 3.63) is 38.3 Å². The summed E-state index contributed by atoms with van der Waals surface area (Å²) >= 11 is 1.54. The number of rotatable bonds is 5. The molecule has 152 valence electrons. The molecule has 1 aliphatic carbocycles. The molecule has 1 atom stereocenters. The van der Waals surface area contributed by atoms with Crippen molar-refractivity contribution in [2.24, 2.45) is 11.8 Å². The molecule has 2 N–H and O–H groups in total. The summed E-state index contributed by atoms with van der Waals surface area (Å²) in [5.74, 6) is 0.669.